The van der Waals surface area contributed by atoms with Gasteiger partial charge in [-0.15, -0.1) is 0 Å². The molecule has 0 bridgehead atoms. The first-order chi connectivity index (χ1) is 9.56. The Kier molecular flexibility index (Phi) is 4.94. The Morgan fingerprint density at radius 2 is 2.25 bits per heavy atom. The third-order valence-corrected chi connectivity index (χ3v) is 4.06. The quantitative estimate of drug-likeness (QED) is 0.913. The molecule has 1 N–H and O–H groups in total. The van der Waals surface area contributed by atoms with E-state index in [4.69, 9.17) is 4.74 Å². The van der Waals surface area contributed by atoms with Gasteiger partial charge in [-0.05, 0) is 12.3 Å². The largest absolute Gasteiger partial charge is 0.390 e. The highest BCUT2D eigenvalue weighted by Gasteiger charge is 2.27. The SMILES string of the molecule is COC1CN(c2cnc(C(C)C)nc2CO)CCC1C. The maximum atomic E-state index is 9.58. The molecule has 1 fully saturated rings. The van der Waals surface area contributed by atoms with E-state index in [-0.39, 0.29) is 18.6 Å². The number of nitrogens with zero attached hydrogens (tertiary/aromatic N) is 3. The first-order valence-corrected chi connectivity index (χ1v) is 7.31. The second-order valence-corrected chi connectivity index (χ2v) is 5.86. The highest BCUT2D eigenvalue weighted by atomic mass is 16.5. The lowest BCUT2D eigenvalue weighted by molar-refractivity contribution is 0.0497. The summed E-state index contributed by atoms with van der Waals surface area (Å²) >= 11 is 0. The van der Waals surface area contributed by atoms with Crippen LogP contribution in [0, 0.1) is 5.92 Å². The van der Waals surface area contributed by atoms with Gasteiger partial charge in [0.1, 0.15) is 5.82 Å². The summed E-state index contributed by atoms with van der Waals surface area (Å²) in [7, 11) is 1.76. The van der Waals surface area contributed by atoms with Gasteiger partial charge in [-0.25, -0.2) is 9.97 Å². The van der Waals surface area contributed by atoms with Crippen LogP contribution in [0.1, 0.15) is 44.6 Å². The number of rotatable bonds is 4. The van der Waals surface area contributed by atoms with Gasteiger partial charge in [-0.2, -0.15) is 0 Å². The highest BCUT2D eigenvalue weighted by Crippen LogP contribution is 2.27. The van der Waals surface area contributed by atoms with E-state index in [1.807, 2.05) is 6.20 Å². The predicted octanol–water partition coefficient (Wildman–Crippen LogP) is 1.95. The Hall–Kier alpha value is -1.20. The molecule has 5 heteroatoms. The topological polar surface area (TPSA) is 58.5 Å². The summed E-state index contributed by atoms with van der Waals surface area (Å²) in [4.78, 5) is 11.1. The van der Waals surface area contributed by atoms with Crippen molar-refractivity contribution in [2.45, 2.75) is 45.8 Å². The molecule has 0 saturated carbocycles. The molecule has 5 nitrogen and oxygen atoms in total. The summed E-state index contributed by atoms with van der Waals surface area (Å²) in [6.45, 7) is 8.06. The Balaban J connectivity index is 2.23. The first kappa shape index (κ1) is 15.2. The van der Waals surface area contributed by atoms with Gasteiger partial charge in [0.25, 0.3) is 0 Å². The monoisotopic (exact) mass is 279 g/mol. The predicted molar refractivity (Wildman–Crippen MR) is 78.8 cm³/mol. The van der Waals surface area contributed by atoms with Crippen molar-refractivity contribution in [3.8, 4) is 0 Å². The molecule has 20 heavy (non-hydrogen) atoms. The molecule has 1 saturated heterocycles. The summed E-state index contributed by atoms with van der Waals surface area (Å²) in [6.07, 6.45) is 3.14. The lowest BCUT2D eigenvalue weighted by atomic mass is 9.95. The lowest BCUT2D eigenvalue weighted by Gasteiger charge is -2.38. The number of aromatic nitrogens is 2. The van der Waals surface area contributed by atoms with E-state index in [9.17, 15) is 5.11 Å². The van der Waals surface area contributed by atoms with Crippen molar-refractivity contribution in [3.63, 3.8) is 0 Å². The summed E-state index contributed by atoms with van der Waals surface area (Å²) < 4.78 is 5.55. The van der Waals surface area contributed by atoms with Crippen LogP contribution in [0.15, 0.2) is 6.20 Å². The van der Waals surface area contributed by atoms with E-state index >= 15 is 0 Å². The number of piperidine rings is 1. The Labute approximate surface area is 121 Å². The minimum Gasteiger partial charge on any atom is -0.390 e. The molecule has 1 aliphatic heterocycles. The van der Waals surface area contributed by atoms with E-state index in [1.165, 1.54) is 0 Å². The molecule has 0 aliphatic carbocycles. The average molecular weight is 279 g/mol. The highest BCUT2D eigenvalue weighted by molar-refractivity contribution is 5.49. The zero-order chi connectivity index (χ0) is 14.7. The average Bonchev–Trinajstić information content (AvgIpc) is 2.47. The van der Waals surface area contributed by atoms with Crippen LogP contribution in [0.2, 0.25) is 0 Å². The molecular formula is C15H25N3O2. The van der Waals surface area contributed by atoms with Crippen LogP contribution in [-0.4, -0.2) is 41.4 Å². The molecule has 112 valence electrons. The fourth-order valence-corrected chi connectivity index (χ4v) is 2.64. The van der Waals surface area contributed by atoms with Crippen LogP contribution in [0.25, 0.3) is 0 Å². The van der Waals surface area contributed by atoms with E-state index in [1.54, 1.807) is 7.11 Å². The number of hydrogen-bond acceptors (Lipinski definition) is 5. The number of methoxy groups -OCH3 is 1. The van der Waals surface area contributed by atoms with Crippen LogP contribution < -0.4 is 4.90 Å². The molecule has 0 amide bonds. The zero-order valence-corrected chi connectivity index (χ0v) is 12.8. The van der Waals surface area contributed by atoms with Gasteiger partial charge < -0.3 is 14.7 Å². The maximum absolute atomic E-state index is 9.58. The van der Waals surface area contributed by atoms with Crippen molar-refractivity contribution >= 4 is 5.69 Å². The fraction of sp³-hybridized carbons (Fsp3) is 0.733. The third kappa shape index (κ3) is 3.10. The van der Waals surface area contributed by atoms with Crippen LogP contribution >= 0.6 is 0 Å². The number of aliphatic hydroxyl groups excluding tert-OH is 1. The molecule has 2 heterocycles. The van der Waals surface area contributed by atoms with Crippen molar-refractivity contribution in [1.82, 2.24) is 9.97 Å². The van der Waals surface area contributed by atoms with Crippen LogP contribution in [-0.2, 0) is 11.3 Å². The Morgan fingerprint density at radius 3 is 2.85 bits per heavy atom. The van der Waals surface area contributed by atoms with Gasteiger partial charge in [0.2, 0.25) is 0 Å². The smallest absolute Gasteiger partial charge is 0.131 e. The molecule has 2 atom stereocenters. The number of aliphatic hydroxyl groups is 1. The Bertz CT molecular complexity index is 451. The second-order valence-electron chi connectivity index (χ2n) is 5.86. The van der Waals surface area contributed by atoms with Gasteiger partial charge in [-0.3, -0.25) is 0 Å². The molecule has 1 aromatic rings. The standard InChI is InChI=1S/C15H25N3O2/c1-10(2)15-16-7-13(12(9-19)17-15)18-6-5-11(3)14(8-18)20-4/h7,10-11,14,19H,5-6,8-9H2,1-4H3. The van der Waals surface area contributed by atoms with Crippen LogP contribution in [0.3, 0.4) is 0 Å². The molecule has 1 aliphatic rings. The zero-order valence-electron chi connectivity index (χ0n) is 12.8. The Morgan fingerprint density at radius 1 is 1.50 bits per heavy atom. The van der Waals surface area contributed by atoms with E-state index in [0.29, 0.717) is 11.6 Å². The third-order valence-electron chi connectivity index (χ3n) is 4.06. The number of ether oxygens (including phenoxy) is 1. The van der Waals surface area contributed by atoms with Crippen LogP contribution in [0.5, 0.6) is 0 Å². The van der Waals surface area contributed by atoms with Crippen molar-refractivity contribution in [2.75, 3.05) is 25.1 Å². The molecular weight excluding hydrogens is 254 g/mol. The summed E-state index contributed by atoms with van der Waals surface area (Å²) in [6, 6.07) is 0. The van der Waals surface area contributed by atoms with E-state index in [0.717, 1.165) is 31.0 Å². The van der Waals surface area contributed by atoms with Crippen molar-refractivity contribution in [2.24, 2.45) is 5.92 Å². The second kappa shape index (κ2) is 6.50. The molecule has 1 aromatic heterocycles. The molecule has 0 aromatic carbocycles. The molecule has 2 rings (SSSR count). The van der Waals surface area contributed by atoms with Gasteiger partial charge in [0, 0.05) is 26.1 Å². The lowest BCUT2D eigenvalue weighted by Crippen LogP contribution is -2.44. The van der Waals surface area contributed by atoms with Crippen molar-refractivity contribution in [3.05, 3.63) is 17.7 Å². The summed E-state index contributed by atoms with van der Waals surface area (Å²) in [5.74, 6) is 1.61. The summed E-state index contributed by atoms with van der Waals surface area (Å²) in [5.41, 5.74) is 1.65. The van der Waals surface area contributed by atoms with Gasteiger partial charge in [0.15, 0.2) is 0 Å². The van der Waals surface area contributed by atoms with E-state index < -0.39 is 0 Å². The molecule has 0 spiro atoms. The minimum atomic E-state index is -0.0543. The minimum absolute atomic E-state index is 0.0543. The first-order valence-electron chi connectivity index (χ1n) is 7.31. The number of anilines is 1. The van der Waals surface area contributed by atoms with Crippen molar-refractivity contribution in [1.29, 1.82) is 0 Å². The normalized spacial score (nSPS) is 23.4. The van der Waals surface area contributed by atoms with Crippen molar-refractivity contribution < 1.29 is 9.84 Å². The number of hydrogen-bond donors (Lipinski definition) is 1. The van der Waals surface area contributed by atoms with Gasteiger partial charge in [-0.1, -0.05) is 20.8 Å². The molecule has 0 radical (unpaired) electrons. The van der Waals surface area contributed by atoms with Gasteiger partial charge in [0.05, 0.1) is 30.3 Å². The molecule has 2 unspecified atom stereocenters. The fourth-order valence-electron chi connectivity index (χ4n) is 2.64. The maximum Gasteiger partial charge on any atom is 0.131 e. The van der Waals surface area contributed by atoms with Gasteiger partial charge >= 0.3 is 0 Å². The van der Waals surface area contributed by atoms with Crippen LogP contribution in [0.4, 0.5) is 5.69 Å². The van der Waals surface area contributed by atoms with E-state index in [2.05, 4.69) is 35.6 Å². The summed E-state index contributed by atoms with van der Waals surface area (Å²) in [5, 5.41) is 9.58.